The highest BCUT2D eigenvalue weighted by molar-refractivity contribution is 8.00. The maximum Gasteiger partial charge on any atom is 0.338 e. The predicted molar refractivity (Wildman–Crippen MR) is 174 cm³/mol. The van der Waals surface area contributed by atoms with Gasteiger partial charge in [0.05, 0.1) is 49.9 Å². The fourth-order valence-corrected chi connectivity index (χ4v) is 6.63. The van der Waals surface area contributed by atoms with Crippen molar-refractivity contribution < 1.29 is 29.0 Å². The zero-order valence-electron chi connectivity index (χ0n) is 22.5. The molecule has 0 fully saturated rings. The minimum absolute atomic E-state index is 0.00187. The lowest BCUT2D eigenvalue weighted by Gasteiger charge is -2.17. The number of anilines is 2. The van der Waals surface area contributed by atoms with Crippen LogP contribution < -0.4 is 10.6 Å². The van der Waals surface area contributed by atoms with Crippen LogP contribution in [0.15, 0.2) is 64.9 Å². The first-order valence-electron chi connectivity index (χ1n) is 12.6. The molecule has 1 heterocycles. The number of thioether (sulfide) groups is 1. The Bertz CT molecular complexity index is 1720. The van der Waals surface area contributed by atoms with E-state index in [2.05, 4.69) is 15.6 Å². The van der Waals surface area contributed by atoms with Gasteiger partial charge in [0.2, 0.25) is 5.91 Å². The maximum atomic E-state index is 13.4. The van der Waals surface area contributed by atoms with Gasteiger partial charge in [0.1, 0.15) is 5.25 Å². The van der Waals surface area contributed by atoms with Crippen LogP contribution >= 0.6 is 69.5 Å². The number of aromatic carboxylic acids is 1. The molecule has 15 heteroatoms. The zero-order chi connectivity index (χ0) is 32.0. The highest BCUT2D eigenvalue weighted by Gasteiger charge is 2.29. The van der Waals surface area contributed by atoms with Gasteiger partial charge in [-0.1, -0.05) is 76.7 Å². The summed E-state index contributed by atoms with van der Waals surface area (Å²) in [5.74, 6) is -3.10. The van der Waals surface area contributed by atoms with E-state index in [1.165, 1.54) is 23.1 Å². The Hall–Kier alpha value is -3.32. The van der Waals surface area contributed by atoms with Gasteiger partial charge in [-0.2, -0.15) is 0 Å². The number of nitrogens with zero attached hydrogens (tertiary/aromatic N) is 1. The number of benzene rings is 3. The number of nitrogens with one attached hydrogen (secondary N) is 2. The lowest BCUT2D eigenvalue weighted by Crippen LogP contribution is -2.19. The van der Waals surface area contributed by atoms with Gasteiger partial charge in [-0.05, 0) is 36.8 Å². The average molecular weight is 713 g/mol. The molecule has 228 valence electrons. The van der Waals surface area contributed by atoms with Crippen LogP contribution in [0.4, 0.5) is 10.8 Å². The third kappa shape index (κ3) is 8.03. The molecule has 0 radical (unpaired) electrons. The van der Waals surface area contributed by atoms with E-state index in [1.54, 1.807) is 36.6 Å². The Kier molecular flexibility index (Phi) is 11.5. The van der Waals surface area contributed by atoms with Crippen molar-refractivity contribution in [1.82, 2.24) is 4.98 Å². The topological polar surface area (TPSA) is 135 Å². The highest BCUT2D eigenvalue weighted by Crippen LogP contribution is 2.42. The smallest absolute Gasteiger partial charge is 0.338 e. The number of ether oxygens (including phenoxy) is 1. The Balaban J connectivity index is 1.51. The summed E-state index contributed by atoms with van der Waals surface area (Å²) in [6.45, 7) is 1.98. The lowest BCUT2D eigenvalue weighted by atomic mass is 10.1. The molecule has 3 aromatic carbocycles. The zero-order valence-corrected chi connectivity index (χ0v) is 27.2. The van der Waals surface area contributed by atoms with Crippen molar-refractivity contribution in [3.05, 3.63) is 102 Å². The first kappa shape index (κ1) is 33.6. The van der Waals surface area contributed by atoms with E-state index in [-0.39, 0.29) is 34.0 Å². The van der Waals surface area contributed by atoms with Crippen LogP contribution in [0.3, 0.4) is 0 Å². The average Bonchev–Trinajstić information content (AvgIpc) is 3.43. The van der Waals surface area contributed by atoms with Gasteiger partial charge >= 0.3 is 11.9 Å². The van der Waals surface area contributed by atoms with Crippen molar-refractivity contribution >= 4 is 104 Å². The number of carboxylic acids is 1. The normalized spacial score (nSPS) is 11.5. The predicted octanol–water partition coefficient (Wildman–Crippen LogP) is 8.28. The van der Waals surface area contributed by atoms with Gasteiger partial charge < -0.3 is 20.5 Å². The summed E-state index contributed by atoms with van der Waals surface area (Å²) in [6, 6.07) is 15.7. The van der Waals surface area contributed by atoms with Crippen molar-refractivity contribution in [2.75, 3.05) is 17.2 Å². The van der Waals surface area contributed by atoms with Crippen LogP contribution in [-0.2, 0) is 20.7 Å². The first-order valence-corrected chi connectivity index (χ1v) is 15.9. The van der Waals surface area contributed by atoms with Gasteiger partial charge in [-0.3, -0.25) is 14.4 Å². The minimum Gasteiger partial charge on any atom is -0.478 e. The molecular weight excluding hydrogens is 692 g/mol. The van der Waals surface area contributed by atoms with Crippen molar-refractivity contribution in [3.63, 3.8) is 0 Å². The summed E-state index contributed by atoms with van der Waals surface area (Å²) in [7, 11) is 0. The molecule has 2 amide bonds. The molecule has 44 heavy (non-hydrogen) atoms. The van der Waals surface area contributed by atoms with Crippen molar-refractivity contribution in [1.29, 1.82) is 0 Å². The molecule has 0 saturated carbocycles. The van der Waals surface area contributed by atoms with Crippen LogP contribution in [-0.4, -0.2) is 40.5 Å². The Morgan fingerprint density at radius 1 is 0.909 bits per heavy atom. The summed E-state index contributed by atoms with van der Waals surface area (Å²) in [4.78, 5) is 55.1. The van der Waals surface area contributed by atoms with Crippen LogP contribution in [0.25, 0.3) is 0 Å². The van der Waals surface area contributed by atoms with Crippen LogP contribution in [0.5, 0.6) is 0 Å². The summed E-state index contributed by atoms with van der Waals surface area (Å²) in [5, 5.41) is 15.1. The van der Waals surface area contributed by atoms with Crippen LogP contribution in [0.2, 0.25) is 20.1 Å². The molecule has 0 aliphatic heterocycles. The van der Waals surface area contributed by atoms with Crippen molar-refractivity contribution in [2.24, 2.45) is 0 Å². The molecule has 3 N–H and O–H groups in total. The van der Waals surface area contributed by atoms with Gasteiger partial charge in [0, 0.05) is 16.0 Å². The number of hydrogen-bond donors (Lipinski definition) is 3. The molecule has 0 spiro atoms. The Morgan fingerprint density at radius 3 is 2.16 bits per heavy atom. The first-order chi connectivity index (χ1) is 21.0. The summed E-state index contributed by atoms with van der Waals surface area (Å²) in [6.07, 6.45) is 0.00187. The molecule has 0 aliphatic carbocycles. The number of hydrogen-bond acceptors (Lipinski definition) is 8. The van der Waals surface area contributed by atoms with E-state index in [4.69, 9.17) is 51.1 Å². The third-order valence-electron chi connectivity index (χ3n) is 5.83. The number of carbonyl (C=O) groups is 4. The van der Waals surface area contributed by atoms with Gasteiger partial charge in [-0.15, -0.1) is 23.1 Å². The van der Waals surface area contributed by atoms with Crippen molar-refractivity contribution in [3.8, 4) is 0 Å². The standard InChI is InChI=1S/C29H21Cl4N3O6S2/c1-2-42-18(37)12-16-13-43-29(35-16)36-27(39)25(14-6-4-3-5-7-14)44-17-10-8-15(9-11-17)34-26(38)19-20(28(40)41)22(31)24(33)23(32)21(19)30/h3-11,13,25H,2,12H2,1H3,(H,34,38)(H,40,41)(H,35,36,39). The number of aromatic nitrogens is 1. The Labute approximate surface area is 279 Å². The summed E-state index contributed by atoms with van der Waals surface area (Å²) < 4.78 is 4.95. The second-order valence-corrected chi connectivity index (χ2v) is 12.4. The summed E-state index contributed by atoms with van der Waals surface area (Å²) >= 11 is 26.7. The Morgan fingerprint density at radius 2 is 1.55 bits per heavy atom. The number of carbonyl (C=O) groups excluding carboxylic acids is 3. The van der Waals surface area contributed by atoms with Gasteiger partial charge in [-0.25, -0.2) is 9.78 Å². The van der Waals surface area contributed by atoms with Gasteiger partial charge in [0.25, 0.3) is 5.91 Å². The maximum absolute atomic E-state index is 13.4. The van der Waals surface area contributed by atoms with Crippen LogP contribution in [0.1, 0.15) is 44.1 Å². The molecule has 1 aromatic heterocycles. The number of thiazole rings is 1. The molecule has 1 unspecified atom stereocenters. The molecular formula is C29H21Cl4N3O6S2. The van der Waals surface area contributed by atoms with Crippen molar-refractivity contribution in [2.45, 2.75) is 23.5 Å². The number of amides is 2. The molecule has 0 bridgehead atoms. The fourth-order valence-electron chi connectivity index (χ4n) is 3.87. The quantitative estimate of drug-likeness (QED) is 0.0612. The van der Waals surface area contributed by atoms with E-state index in [1.807, 2.05) is 30.3 Å². The van der Waals surface area contributed by atoms with Crippen LogP contribution in [0, 0.1) is 0 Å². The largest absolute Gasteiger partial charge is 0.478 e. The summed E-state index contributed by atoms with van der Waals surface area (Å²) in [5.41, 5.74) is 0.519. The molecule has 4 aromatic rings. The van der Waals surface area contributed by atoms with Gasteiger partial charge in [0.15, 0.2) is 5.13 Å². The third-order valence-corrected chi connectivity index (χ3v) is 9.70. The van der Waals surface area contributed by atoms with E-state index >= 15 is 0 Å². The number of carboxylic acid groups (broad SMARTS) is 1. The van der Waals surface area contributed by atoms with E-state index in [0.29, 0.717) is 21.4 Å². The highest BCUT2D eigenvalue weighted by atomic mass is 35.5. The molecule has 4 rings (SSSR count). The minimum atomic E-state index is -1.51. The van der Waals surface area contributed by atoms with E-state index in [0.717, 1.165) is 5.56 Å². The second-order valence-electron chi connectivity index (χ2n) is 8.81. The van der Waals surface area contributed by atoms with E-state index < -0.39 is 39.2 Å². The number of halogens is 4. The van der Waals surface area contributed by atoms with E-state index in [9.17, 15) is 24.3 Å². The monoisotopic (exact) mass is 711 g/mol. The molecule has 9 nitrogen and oxygen atoms in total. The fraction of sp³-hybridized carbons (Fsp3) is 0.138. The lowest BCUT2D eigenvalue weighted by molar-refractivity contribution is -0.142. The SMILES string of the molecule is CCOC(=O)Cc1csc(NC(=O)C(Sc2ccc(NC(=O)c3c(Cl)c(Cl)c(Cl)c(Cl)c3C(=O)O)cc2)c2ccccc2)n1. The number of esters is 1. The molecule has 1 atom stereocenters. The second kappa shape index (κ2) is 15.1. The molecule has 0 saturated heterocycles. The number of rotatable bonds is 11. The molecule has 0 aliphatic rings.